The Labute approximate surface area is 161 Å². The second kappa shape index (κ2) is 7.52. The summed E-state index contributed by atoms with van der Waals surface area (Å²) in [5.41, 5.74) is 0. The molecule has 2 fully saturated rings. The van der Waals surface area contributed by atoms with Crippen molar-refractivity contribution in [3.05, 3.63) is 27.7 Å². The Bertz CT molecular complexity index is 762. The van der Waals surface area contributed by atoms with Crippen LogP contribution in [0.3, 0.4) is 0 Å². The zero-order valence-electron chi connectivity index (χ0n) is 13.9. The standard InChI is InChI=1S/C16H21BrClN3O3S/c1-11(16(22)19-13-3-4-13)20-6-8-21(9-7-20)25(23,24)15-5-2-12(17)10-14(15)18/h2,5,10-11,13H,3-4,6-9H2,1H3,(H,19,22)/t11-/m0/s1. The van der Waals surface area contributed by atoms with Gasteiger partial charge in [0, 0.05) is 36.7 Å². The lowest BCUT2D eigenvalue weighted by Crippen LogP contribution is -2.55. The Balaban J connectivity index is 1.63. The molecule has 1 aromatic rings. The number of nitrogens with one attached hydrogen (secondary N) is 1. The normalized spacial score (nSPS) is 21.1. The lowest BCUT2D eigenvalue weighted by atomic mass is 10.2. The monoisotopic (exact) mass is 449 g/mol. The molecule has 0 aromatic heterocycles. The number of hydrogen-bond donors (Lipinski definition) is 1. The summed E-state index contributed by atoms with van der Waals surface area (Å²) in [6, 6.07) is 4.84. The molecular weight excluding hydrogens is 430 g/mol. The molecule has 1 atom stereocenters. The number of benzene rings is 1. The van der Waals surface area contributed by atoms with Crippen LogP contribution in [0.25, 0.3) is 0 Å². The number of amides is 1. The van der Waals surface area contributed by atoms with E-state index in [1.54, 1.807) is 12.1 Å². The lowest BCUT2D eigenvalue weighted by Gasteiger charge is -2.36. The van der Waals surface area contributed by atoms with Crippen molar-refractivity contribution in [3.8, 4) is 0 Å². The van der Waals surface area contributed by atoms with E-state index in [2.05, 4.69) is 21.2 Å². The second-order valence-electron chi connectivity index (χ2n) is 6.47. The van der Waals surface area contributed by atoms with Gasteiger partial charge in [-0.2, -0.15) is 4.31 Å². The third kappa shape index (κ3) is 4.36. The summed E-state index contributed by atoms with van der Waals surface area (Å²) in [6.45, 7) is 3.60. The zero-order chi connectivity index (χ0) is 18.2. The number of piperazine rings is 1. The lowest BCUT2D eigenvalue weighted by molar-refractivity contribution is -0.126. The molecule has 1 saturated carbocycles. The predicted molar refractivity (Wildman–Crippen MR) is 100 cm³/mol. The highest BCUT2D eigenvalue weighted by molar-refractivity contribution is 9.10. The molecule has 1 N–H and O–H groups in total. The summed E-state index contributed by atoms with van der Waals surface area (Å²) in [5.74, 6) is 0.0229. The SMILES string of the molecule is C[C@@H](C(=O)NC1CC1)N1CCN(S(=O)(=O)c2ccc(Br)cc2Cl)CC1. The van der Waals surface area contributed by atoms with Gasteiger partial charge in [0.1, 0.15) is 4.90 Å². The smallest absolute Gasteiger partial charge is 0.244 e. The van der Waals surface area contributed by atoms with Gasteiger partial charge in [0.15, 0.2) is 0 Å². The molecule has 2 aliphatic rings. The summed E-state index contributed by atoms with van der Waals surface area (Å²) >= 11 is 9.39. The van der Waals surface area contributed by atoms with Gasteiger partial charge in [-0.05, 0) is 38.0 Å². The van der Waals surface area contributed by atoms with E-state index in [-0.39, 0.29) is 21.9 Å². The van der Waals surface area contributed by atoms with Gasteiger partial charge in [0.25, 0.3) is 0 Å². The van der Waals surface area contributed by atoms with E-state index in [1.165, 1.54) is 10.4 Å². The number of hydrogen-bond acceptors (Lipinski definition) is 4. The minimum atomic E-state index is -3.63. The fourth-order valence-electron chi connectivity index (χ4n) is 2.87. The van der Waals surface area contributed by atoms with Gasteiger partial charge >= 0.3 is 0 Å². The van der Waals surface area contributed by atoms with Crippen molar-refractivity contribution in [3.63, 3.8) is 0 Å². The van der Waals surface area contributed by atoms with Crippen LogP contribution in [0.15, 0.2) is 27.6 Å². The molecule has 1 aliphatic heterocycles. The molecule has 1 saturated heterocycles. The summed E-state index contributed by atoms with van der Waals surface area (Å²) in [6.07, 6.45) is 2.11. The molecule has 0 bridgehead atoms. The van der Waals surface area contributed by atoms with Crippen molar-refractivity contribution in [2.45, 2.75) is 36.7 Å². The van der Waals surface area contributed by atoms with Crippen molar-refractivity contribution in [2.24, 2.45) is 0 Å². The predicted octanol–water partition coefficient (Wildman–Crippen LogP) is 2.08. The maximum absolute atomic E-state index is 12.8. The average molecular weight is 451 g/mol. The van der Waals surface area contributed by atoms with Gasteiger partial charge in [0.05, 0.1) is 11.1 Å². The van der Waals surface area contributed by atoms with Crippen molar-refractivity contribution in [1.82, 2.24) is 14.5 Å². The average Bonchev–Trinajstić information content (AvgIpc) is 3.38. The van der Waals surface area contributed by atoms with Gasteiger partial charge in [0.2, 0.25) is 15.9 Å². The van der Waals surface area contributed by atoms with Gasteiger partial charge in [-0.15, -0.1) is 0 Å². The van der Waals surface area contributed by atoms with Crippen molar-refractivity contribution < 1.29 is 13.2 Å². The van der Waals surface area contributed by atoms with Crippen LogP contribution in [0.1, 0.15) is 19.8 Å². The number of carbonyl (C=O) groups excluding carboxylic acids is 1. The number of halogens is 2. The van der Waals surface area contributed by atoms with E-state index in [0.717, 1.165) is 17.3 Å². The van der Waals surface area contributed by atoms with Crippen LogP contribution in [0.4, 0.5) is 0 Å². The first-order valence-electron chi connectivity index (χ1n) is 8.28. The van der Waals surface area contributed by atoms with Crippen LogP contribution >= 0.6 is 27.5 Å². The zero-order valence-corrected chi connectivity index (χ0v) is 17.1. The number of sulfonamides is 1. The molecule has 3 rings (SSSR count). The summed E-state index contributed by atoms with van der Waals surface area (Å²) in [7, 11) is -3.63. The van der Waals surface area contributed by atoms with E-state index < -0.39 is 10.0 Å². The largest absolute Gasteiger partial charge is 0.352 e. The molecule has 1 heterocycles. The van der Waals surface area contributed by atoms with E-state index in [4.69, 9.17) is 11.6 Å². The van der Waals surface area contributed by atoms with E-state index >= 15 is 0 Å². The highest BCUT2D eigenvalue weighted by Crippen LogP contribution is 2.28. The summed E-state index contributed by atoms with van der Waals surface area (Å²) in [5, 5.41) is 3.20. The maximum atomic E-state index is 12.8. The first kappa shape index (κ1) is 19.1. The molecule has 6 nitrogen and oxygen atoms in total. The fraction of sp³-hybridized carbons (Fsp3) is 0.562. The molecule has 1 aromatic carbocycles. The van der Waals surface area contributed by atoms with Crippen LogP contribution in [0.5, 0.6) is 0 Å². The van der Waals surface area contributed by atoms with E-state index in [1.807, 2.05) is 11.8 Å². The summed E-state index contributed by atoms with van der Waals surface area (Å²) in [4.78, 5) is 14.3. The highest BCUT2D eigenvalue weighted by Gasteiger charge is 2.34. The third-order valence-electron chi connectivity index (χ3n) is 4.64. The molecule has 138 valence electrons. The van der Waals surface area contributed by atoms with Crippen molar-refractivity contribution >= 4 is 43.5 Å². The minimum absolute atomic E-state index is 0.0229. The molecule has 0 radical (unpaired) electrons. The first-order chi connectivity index (χ1) is 11.8. The molecule has 25 heavy (non-hydrogen) atoms. The van der Waals surface area contributed by atoms with E-state index in [9.17, 15) is 13.2 Å². The minimum Gasteiger partial charge on any atom is -0.352 e. The van der Waals surface area contributed by atoms with Crippen LogP contribution in [-0.2, 0) is 14.8 Å². The Morgan fingerprint density at radius 2 is 1.92 bits per heavy atom. The fourth-order valence-corrected chi connectivity index (χ4v) is 5.30. The molecule has 0 spiro atoms. The van der Waals surface area contributed by atoms with Crippen LogP contribution in [0.2, 0.25) is 5.02 Å². The highest BCUT2D eigenvalue weighted by atomic mass is 79.9. The van der Waals surface area contributed by atoms with E-state index in [0.29, 0.717) is 32.2 Å². The van der Waals surface area contributed by atoms with Crippen LogP contribution in [-0.4, -0.2) is 61.8 Å². The van der Waals surface area contributed by atoms with Crippen molar-refractivity contribution in [2.75, 3.05) is 26.2 Å². The Morgan fingerprint density at radius 1 is 1.28 bits per heavy atom. The maximum Gasteiger partial charge on any atom is 0.244 e. The summed E-state index contributed by atoms with van der Waals surface area (Å²) < 4.78 is 27.8. The Hall–Kier alpha value is -0.670. The van der Waals surface area contributed by atoms with Crippen LogP contribution < -0.4 is 5.32 Å². The molecule has 1 aliphatic carbocycles. The van der Waals surface area contributed by atoms with Gasteiger partial charge < -0.3 is 5.32 Å². The Morgan fingerprint density at radius 3 is 2.48 bits per heavy atom. The van der Waals surface area contributed by atoms with Crippen LogP contribution in [0, 0.1) is 0 Å². The second-order valence-corrected chi connectivity index (χ2v) is 9.70. The molecule has 1 amide bonds. The quantitative estimate of drug-likeness (QED) is 0.746. The Kier molecular flexibility index (Phi) is 5.75. The third-order valence-corrected chi connectivity index (χ3v) is 7.51. The first-order valence-corrected chi connectivity index (χ1v) is 10.9. The van der Waals surface area contributed by atoms with Gasteiger partial charge in [-0.3, -0.25) is 9.69 Å². The number of nitrogens with zero attached hydrogens (tertiary/aromatic N) is 2. The van der Waals surface area contributed by atoms with Crippen molar-refractivity contribution in [1.29, 1.82) is 0 Å². The molecule has 9 heteroatoms. The molecule has 0 unspecified atom stereocenters. The molecular formula is C16H21BrClN3O3S. The topological polar surface area (TPSA) is 69.7 Å². The number of rotatable bonds is 5. The number of carbonyl (C=O) groups is 1. The van der Waals surface area contributed by atoms with Gasteiger partial charge in [-0.25, -0.2) is 8.42 Å². The van der Waals surface area contributed by atoms with Gasteiger partial charge in [-0.1, -0.05) is 27.5 Å².